The molecule has 5 heteroatoms. The molecule has 112 valence electrons. The van der Waals surface area contributed by atoms with Gasteiger partial charge in [0.2, 0.25) is 0 Å². The van der Waals surface area contributed by atoms with E-state index in [1.807, 2.05) is 24.3 Å². The third kappa shape index (κ3) is 2.37. The number of halogens is 1. The fraction of sp³-hybridized carbons (Fsp3) is 0.500. The fourth-order valence-electron chi connectivity index (χ4n) is 3.44. The normalized spacial score (nSPS) is 29.0. The van der Waals surface area contributed by atoms with Crippen LogP contribution in [0.3, 0.4) is 0 Å². The topological polar surface area (TPSA) is 49.4 Å². The van der Waals surface area contributed by atoms with Crippen LogP contribution in [0.1, 0.15) is 38.2 Å². The summed E-state index contributed by atoms with van der Waals surface area (Å²) in [6, 6.07) is 7.43. The Bertz CT molecular complexity index is 589. The Labute approximate surface area is 133 Å². The summed E-state index contributed by atoms with van der Waals surface area (Å²) in [5.74, 6) is 0.141. The molecule has 1 aliphatic carbocycles. The average molecular weight is 351 g/mol. The van der Waals surface area contributed by atoms with Gasteiger partial charge in [-0.3, -0.25) is 9.69 Å². The van der Waals surface area contributed by atoms with Crippen LogP contribution in [0.5, 0.6) is 0 Å². The summed E-state index contributed by atoms with van der Waals surface area (Å²) < 4.78 is 0.920. The van der Waals surface area contributed by atoms with Crippen molar-refractivity contribution in [2.24, 2.45) is 5.92 Å². The molecule has 1 aromatic rings. The van der Waals surface area contributed by atoms with Gasteiger partial charge in [0.05, 0.1) is 6.54 Å². The van der Waals surface area contributed by atoms with E-state index in [1.165, 1.54) is 4.90 Å². The molecule has 0 radical (unpaired) electrons. The highest BCUT2D eigenvalue weighted by atomic mass is 79.9. The maximum absolute atomic E-state index is 12.8. The Morgan fingerprint density at radius 2 is 2.10 bits per heavy atom. The van der Waals surface area contributed by atoms with Crippen LogP contribution in [0.2, 0.25) is 0 Å². The molecule has 0 bridgehead atoms. The lowest BCUT2D eigenvalue weighted by molar-refractivity contribution is -0.134. The second-order valence-corrected chi connectivity index (χ2v) is 6.89. The van der Waals surface area contributed by atoms with E-state index < -0.39 is 5.54 Å². The first-order valence-corrected chi connectivity index (χ1v) is 8.21. The van der Waals surface area contributed by atoms with Crippen molar-refractivity contribution in [3.63, 3.8) is 0 Å². The molecule has 1 aliphatic heterocycles. The molecule has 2 aliphatic rings. The van der Waals surface area contributed by atoms with Crippen molar-refractivity contribution in [3.05, 3.63) is 34.3 Å². The number of urea groups is 1. The van der Waals surface area contributed by atoms with Crippen LogP contribution < -0.4 is 5.32 Å². The second-order valence-electron chi connectivity index (χ2n) is 6.03. The number of nitrogens with one attached hydrogen (secondary N) is 1. The largest absolute Gasteiger partial charge is 0.325 e. The molecule has 1 spiro atoms. The van der Waals surface area contributed by atoms with Gasteiger partial charge < -0.3 is 5.32 Å². The number of rotatable bonds is 2. The van der Waals surface area contributed by atoms with Crippen LogP contribution in [-0.4, -0.2) is 22.4 Å². The predicted molar refractivity (Wildman–Crippen MR) is 83.6 cm³/mol. The number of carbonyl (C=O) groups is 2. The first kappa shape index (κ1) is 14.6. The first-order chi connectivity index (χ1) is 10.0. The standard InChI is InChI=1S/C16H19BrN2O2/c1-11-6-4-5-9-16(11)14(20)19(15(21)18-16)10-12-7-2-3-8-13(12)17/h2-3,7-8,11H,4-6,9-10H2,1H3,(H,18,21)/t11-,16-/m0/s1. The maximum atomic E-state index is 12.8. The molecule has 2 fully saturated rings. The lowest BCUT2D eigenvalue weighted by atomic mass is 9.73. The Hall–Kier alpha value is -1.36. The lowest BCUT2D eigenvalue weighted by Crippen LogP contribution is -2.53. The van der Waals surface area contributed by atoms with Crippen LogP contribution in [0.4, 0.5) is 4.79 Å². The van der Waals surface area contributed by atoms with E-state index in [1.54, 1.807) is 0 Å². The number of nitrogens with zero attached hydrogens (tertiary/aromatic N) is 1. The number of carbonyl (C=O) groups excluding carboxylic acids is 2. The van der Waals surface area contributed by atoms with Crippen LogP contribution in [-0.2, 0) is 11.3 Å². The van der Waals surface area contributed by atoms with Crippen molar-refractivity contribution in [1.29, 1.82) is 0 Å². The summed E-state index contributed by atoms with van der Waals surface area (Å²) in [7, 11) is 0. The zero-order chi connectivity index (χ0) is 15.0. The van der Waals surface area contributed by atoms with Gasteiger partial charge in [0.15, 0.2) is 0 Å². The summed E-state index contributed by atoms with van der Waals surface area (Å²) in [5.41, 5.74) is 0.276. The Kier molecular flexibility index (Phi) is 3.78. The molecule has 3 amide bonds. The van der Waals surface area contributed by atoms with Crippen molar-refractivity contribution < 1.29 is 9.59 Å². The number of benzene rings is 1. The van der Waals surface area contributed by atoms with Crippen LogP contribution >= 0.6 is 15.9 Å². The Morgan fingerprint density at radius 3 is 2.81 bits per heavy atom. The summed E-state index contributed by atoms with van der Waals surface area (Å²) in [6.45, 7) is 2.39. The molecular weight excluding hydrogens is 332 g/mol. The zero-order valence-corrected chi connectivity index (χ0v) is 13.6. The Morgan fingerprint density at radius 1 is 1.33 bits per heavy atom. The number of hydrogen-bond acceptors (Lipinski definition) is 2. The van der Waals surface area contributed by atoms with Crippen molar-refractivity contribution in [2.75, 3.05) is 0 Å². The fourth-order valence-corrected chi connectivity index (χ4v) is 3.85. The van der Waals surface area contributed by atoms with Gasteiger partial charge >= 0.3 is 6.03 Å². The van der Waals surface area contributed by atoms with Gasteiger partial charge in [-0.15, -0.1) is 0 Å². The van der Waals surface area contributed by atoms with Crippen LogP contribution in [0.15, 0.2) is 28.7 Å². The molecule has 0 unspecified atom stereocenters. The van der Waals surface area contributed by atoms with Gasteiger partial charge in [-0.05, 0) is 30.4 Å². The molecule has 4 nitrogen and oxygen atoms in total. The predicted octanol–water partition coefficient (Wildman–Crippen LogP) is 3.45. The van der Waals surface area contributed by atoms with E-state index in [4.69, 9.17) is 0 Å². The Balaban J connectivity index is 1.86. The van der Waals surface area contributed by atoms with Crippen molar-refractivity contribution in [1.82, 2.24) is 10.2 Å². The molecule has 1 aromatic carbocycles. The smallest absolute Gasteiger partial charge is 0.323 e. The van der Waals surface area contributed by atoms with E-state index in [2.05, 4.69) is 28.2 Å². The molecule has 1 saturated carbocycles. The molecule has 0 aromatic heterocycles. The summed E-state index contributed by atoms with van der Waals surface area (Å²) >= 11 is 3.47. The third-order valence-corrected chi connectivity index (χ3v) is 5.56. The molecule has 1 N–H and O–H groups in total. The monoisotopic (exact) mass is 350 g/mol. The minimum atomic E-state index is -0.670. The maximum Gasteiger partial charge on any atom is 0.325 e. The van der Waals surface area contributed by atoms with Gasteiger partial charge in [0, 0.05) is 4.47 Å². The van der Waals surface area contributed by atoms with Gasteiger partial charge in [-0.25, -0.2) is 4.79 Å². The highest BCUT2D eigenvalue weighted by molar-refractivity contribution is 9.10. The highest BCUT2D eigenvalue weighted by Crippen LogP contribution is 2.38. The van der Waals surface area contributed by atoms with E-state index in [-0.39, 0.29) is 17.9 Å². The van der Waals surface area contributed by atoms with Crippen LogP contribution in [0, 0.1) is 5.92 Å². The lowest BCUT2D eigenvalue weighted by Gasteiger charge is -2.36. The number of imide groups is 1. The SMILES string of the molecule is C[C@H]1CCCC[C@]12NC(=O)N(Cc1ccccc1Br)C2=O. The van der Waals surface area contributed by atoms with Gasteiger partial charge in [-0.1, -0.05) is 53.9 Å². The van der Waals surface area contributed by atoms with Gasteiger partial charge in [0.25, 0.3) is 5.91 Å². The summed E-state index contributed by atoms with van der Waals surface area (Å²) in [4.78, 5) is 26.5. The molecule has 2 atom stereocenters. The van der Waals surface area contributed by atoms with E-state index in [0.29, 0.717) is 6.54 Å². The van der Waals surface area contributed by atoms with Gasteiger partial charge in [0.1, 0.15) is 5.54 Å². The summed E-state index contributed by atoms with van der Waals surface area (Å²) in [6.07, 6.45) is 3.88. The molecular formula is C16H19BrN2O2. The van der Waals surface area contributed by atoms with E-state index >= 15 is 0 Å². The first-order valence-electron chi connectivity index (χ1n) is 7.42. The van der Waals surface area contributed by atoms with E-state index in [0.717, 1.165) is 35.7 Å². The minimum absolute atomic E-state index is 0.0598. The van der Waals surface area contributed by atoms with E-state index in [9.17, 15) is 9.59 Å². The molecule has 21 heavy (non-hydrogen) atoms. The molecule has 3 rings (SSSR count). The second kappa shape index (κ2) is 5.44. The number of hydrogen-bond donors (Lipinski definition) is 1. The summed E-state index contributed by atoms with van der Waals surface area (Å²) in [5, 5.41) is 2.98. The third-order valence-electron chi connectivity index (χ3n) is 4.79. The van der Waals surface area contributed by atoms with Crippen molar-refractivity contribution in [3.8, 4) is 0 Å². The quantitative estimate of drug-likeness (QED) is 0.830. The van der Waals surface area contributed by atoms with Crippen LogP contribution in [0.25, 0.3) is 0 Å². The highest BCUT2D eigenvalue weighted by Gasteiger charge is 2.54. The van der Waals surface area contributed by atoms with Gasteiger partial charge in [-0.2, -0.15) is 0 Å². The van der Waals surface area contributed by atoms with Crippen molar-refractivity contribution >= 4 is 27.9 Å². The van der Waals surface area contributed by atoms with Crippen molar-refractivity contribution in [2.45, 2.75) is 44.7 Å². The zero-order valence-electron chi connectivity index (χ0n) is 12.1. The molecule has 1 saturated heterocycles. The number of amides is 3. The average Bonchev–Trinajstić information content (AvgIpc) is 2.70. The minimum Gasteiger partial charge on any atom is -0.323 e. The molecule has 1 heterocycles.